The van der Waals surface area contributed by atoms with Crippen LogP contribution in [0.1, 0.15) is 37.3 Å². The molecule has 0 heterocycles. The van der Waals surface area contributed by atoms with Crippen molar-refractivity contribution in [2.75, 3.05) is 11.9 Å². The number of amides is 1. The number of aryl methyl sites for hydroxylation is 1. The van der Waals surface area contributed by atoms with E-state index >= 15 is 0 Å². The molecule has 1 aromatic rings. The minimum Gasteiger partial charge on any atom is -0.384 e. The van der Waals surface area contributed by atoms with E-state index in [-0.39, 0.29) is 18.4 Å². The van der Waals surface area contributed by atoms with Crippen molar-refractivity contribution >= 4 is 11.6 Å². The van der Waals surface area contributed by atoms with Crippen molar-refractivity contribution in [1.29, 1.82) is 0 Å². The molecule has 1 aromatic carbocycles. The van der Waals surface area contributed by atoms with Gasteiger partial charge in [0.15, 0.2) is 0 Å². The summed E-state index contributed by atoms with van der Waals surface area (Å²) in [7, 11) is 0. The number of carbonyl (C=O) groups excluding carboxylic acids is 1. The fraction of sp³-hybridized carbons (Fsp3) is 0.471. The van der Waals surface area contributed by atoms with Gasteiger partial charge < -0.3 is 10.4 Å². The van der Waals surface area contributed by atoms with E-state index in [1.54, 1.807) is 0 Å². The van der Waals surface area contributed by atoms with E-state index in [1.807, 2.05) is 25.1 Å². The number of hydrogen-bond acceptors (Lipinski definition) is 2. The van der Waals surface area contributed by atoms with Gasteiger partial charge in [0.2, 0.25) is 5.91 Å². The second-order valence-electron chi connectivity index (χ2n) is 5.51. The predicted octanol–water partition coefficient (Wildman–Crippen LogP) is 2.71. The summed E-state index contributed by atoms with van der Waals surface area (Å²) in [4.78, 5) is 12.3. The number of anilines is 1. The van der Waals surface area contributed by atoms with E-state index in [2.05, 4.69) is 24.1 Å². The fourth-order valence-corrected chi connectivity index (χ4v) is 2.77. The molecule has 3 nitrogen and oxygen atoms in total. The number of hydrogen-bond donors (Lipinski definition) is 2. The first-order chi connectivity index (χ1) is 9.61. The van der Waals surface area contributed by atoms with Crippen molar-refractivity contribution in [1.82, 2.24) is 0 Å². The maximum Gasteiger partial charge on any atom is 0.227 e. The number of aliphatic hydroxyl groups is 1. The zero-order valence-corrected chi connectivity index (χ0v) is 12.1. The lowest BCUT2D eigenvalue weighted by atomic mass is 9.97. The van der Waals surface area contributed by atoms with Crippen LogP contribution in [0.4, 0.5) is 5.69 Å². The Labute approximate surface area is 120 Å². The number of nitrogens with one attached hydrogen (secondary N) is 1. The molecule has 2 atom stereocenters. The second-order valence-corrected chi connectivity index (χ2v) is 5.51. The Hall–Kier alpha value is -1.79. The Morgan fingerprint density at radius 3 is 2.90 bits per heavy atom. The Morgan fingerprint density at radius 1 is 1.45 bits per heavy atom. The highest BCUT2D eigenvalue weighted by molar-refractivity contribution is 5.94. The smallest absolute Gasteiger partial charge is 0.227 e. The van der Waals surface area contributed by atoms with Crippen LogP contribution in [0.15, 0.2) is 18.2 Å². The van der Waals surface area contributed by atoms with Crippen LogP contribution < -0.4 is 5.32 Å². The monoisotopic (exact) mass is 271 g/mol. The summed E-state index contributed by atoms with van der Waals surface area (Å²) in [6.07, 6.45) is 3.23. The lowest BCUT2D eigenvalue weighted by Gasteiger charge is -2.16. The Balaban J connectivity index is 2.18. The maximum absolute atomic E-state index is 12.3. The average molecular weight is 271 g/mol. The van der Waals surface area contributed by atoms with Gasteiger partial charge in [0.25, 0.3) is 0 Å². The van der Waals surface area contributed by atoms with E-state index in [0.29, 0.717) is 5.92 Å². The van der Waals surface area contributed by atoms with Gasteiger partial charge in [-0.05, 0) is 43.4 Å². The molecule has 2 unspecified atom stereocenters. The molecule has 2 N–H and O–H groups in total. The summed E-state index contributed by atoms with van der Waals surface area (Å²) in [5, 5.41) is 11.8. The van der Waals surface area contributed by atoms with Crippen LogP contribution in [0.3, 0.4) is 0 Å². The molecule has 1 fully saturated rings. The average Bonchev–Trinajstić information content (AvgIpc) is 2.85. The highest BCUT2D eigenvalue weighted by atomic mass is 16.2. The Bertz CT molecular complexity index is 554. The number of aliphatic hydroxyl groups excluding tert-OH is 1. The third-order valence-corrected chi connectivity index (χ3v) is 3.93. The minimum atomic E-state index is -0.180. The van der Waals surface area contributed by atoms with Crippen molar-refractivity contribution in [2.24, 2.45) is 11.8 Å². The van der Waals surface area contributed by atoms with Gasteiger partial charge in [-0.2, -0.15) is 0 Å². The van der Waals surface area contributed by atoms with Crippen molar-refractivity contribution in [3.63, 3.8) is 0 Å². The zero-order valence-electron chi connectivity index (χ0n) is 12.1. The highest BCUT2D eigenvalue weighted by Crippen LogP contribution is 2.32. The number of carbonyl (C=O) groups is 1. The van der Waals surface area contributed by atoms with Crippen LogP contribution in [-0.4, -0.2) is 17.6 Å². The summed E-state index contributed by atoms with van der Waals surface area (Å²) in [6, 6.07) is 5.77. The van der Waals surface area contributed by atoms with Crippen LogP contribution >= 0.6 is 0 Å². The van der Waals surface area contributed by atoms with Gasteiger partial charge in [0, 0.05) is 11.5 Å². The summed E-state index contributed by atoms with van der Waals surface area (Å²) in [5.74, 6) is 6.18. The molecule has 0 spiro atoms. The second kappa shape index (κ2) is 6.58. The lowest BCUT2D eigenvalue weighted by Crippen LogP contribution is -2.24. The Morgan fingerprint density at radius 2 is 2.25 bits per heavy atom. The first kappa shape index (κ1) is 14.6. The highest BCUT2D eigenvalue weighted by Gasteiger charge is 2.29. The molecule has 1 aliphatic rings. The minimum absolute atomic E-state index is 0.0888. The van der Waals surface area contributed by atoms with E-state index in [4.69, 9.17) is 5.11 Å². The largest absolute Gasteiger partial charge is 0.384 e. The van der Waals surface area contributed by atoms with Crippen LogP contribution in [0.5, 0.6) is 0 Å². The molecule has 3 heteroatoms. The van der Waals surface area contributed by atoms with Gasteiger partial charge in [0.1, 0.15) is 6.61 Å². The molecule has 0 bridgehead atoms. The Kier molecular flexibility index (Phi) is 4.81. The summed E-state index contributed by atoms with van der Waals surface area (Å²) >= 11 is 0. The standard InChI is InChI=1S/C17H21NO2/c1-12-8-9-16(14(11-12)6-4-10-19)18-17(20)15-7-3-5-13(15)2/h8-9,11,13,15,19H,3,5,7,10H2,1-2H3,(H,18,20). The molecule has 1 aliphatic carbocycles. The molecule has 106 valence electrons. The molecule has 0 radical (unpaired) electrons. The quantitative estimate of drug-likeness (QED) is 0.813. The molecule has 1 saturated carbocycles. The third-order valence-electron chi connectivity index (χ3n) is 3.93. The van der Waals surface area contributed by atoms with Gasteiger partial charge in [-0.15, -0.1) is 0 Å². The van der Waals surface area contributed by atoms with Gasteiger partial charge >= 0.3 is 0 Å². The van der Waals surface area contributed by atoms with E-state index < -0.39 is 0 Å². The molecule has 20 heavy (non-hydrogen) atoms. The molecule has 0 aliphatic heterocycles. The predicted molar refractivity (Wildman–Crippen MR) is 80.3 cm³/mol. The SMILES string of the molecule is Cc1ccc(NC(=O)C2CCCC2C)c(C#CCO)c1. The van der Waals surface area contributed by atoms with Crippen molar-refractivity contribution < 1.29 is 9.90 Å². The molecule has 2 rings (SSSR count). The van der Waals surface area contributed by atoms with Crippen LogP contribution in [0, 0.1) is 30.6 Å². The van der Waals surface area contributed by atoms with Gasteiger partial charge in [-0.25, -0.2) is 0 Å². The zero-order chi connectivity index (χ0) is 14.5. The number of benzene rings is 1. The molecule has 0 saturated heterocycles. The van der Waals surface area contributed by atoms with E-state index in [0.717, 1.165) is 36.1 Å². The lowest BCUT2D eigenvalue weighted by molar-refractivity contribution is -0.120. The number of rotatable bonds is 2. The summed E-state index contributed by atoms with van der Waals surface area (Å²) in [6.45, 7) is 3.94. The normalized spacial score (nSPS) is 21.1. The van der Waals surface area contributed by atoms with Gasteiger partial charge in [-0.3, -0.25) is 4.79 Å². The van der Waals surface area contributed by atoms with Crippen molar-refractivity contribution in [3.05, 3.63) is 29.3 Å². The first-order valence-corrected chi connectivity index (χ1v) is 7.13. The molecule has 0 aromatic heterocycles. The maximum atomic E-state index is 12.3. The molecular weight excluding hydrogens is 250 g/mol. The van der Waals surface area contributed by atoms with Gasteiger partial charge in [-0.1, -0.05) is 31.3 Å². The molecular formula is C17H21NO2. The van der Waals surface area contributed by atoms with Crippen molar-refractivity contribution in [2.45, 2.75) is 33.1 Å². The van der Waals surface area contributed by atoms with Crippen LogP contribution in [-0.2, 0) is 4.79 Å². The molecule has 1 amide bonds. The topological polar surface area (TPSA) is 49.3 Å². The third kappa shape index (κ3) is 3.40. The van der Waals surface area contributed by atoms with E-state index in [1.165, 1.54) is 0 Å². The van der Waals surface area contributed by atoms with Crippen LogP contribution in [0.2, 0.25) is 0 Å². The first-order valence-electron chi connectivity index (χ1n) is 7.13. The van der Waals surface area contributed by atoms with Gasteiger partial charge in [0.05, 0.1) is 5.69 Å². The van der Waals surface area contributed by atoms with Crippen molar-refractivity contribution in [3.8, 4) is 11.8 Å². The summed E-state index contributed by atoms with van der Waals surface area (Å²) < 4.78 is 0. The van der Waals surface area contributed by atoms with Crippen LogP contribution in [0.25, 0.3) is 0 Å². The summed E-state index contributed by atoms with van der Waals surface area (Å²) in [5.41, 5.74) is 2.58. The fourth-order valence-electron chi connectivity index (χ4n) is 2.77. The van der Waals surface area contributed by atoms with E-state index in [9.17, 15) is 4.79 Å².